The Balaban J connectivity index is 1.62. The van der Waals surface area contributed by atoms with Gasteiger partial charge in [-0.1, -0.05) is 19.3 Å². The third-order valence-corrected chi connectivity index (χ3v) is 4.17. The molecule has 1 aromatic heterocycles. The molecule has 2 heterocycles. The molecule has 0 atom stereocenters. The lowest BCUT2D eigenvalue weighted by molar-refractivity contribution is 0.556. The number of rotatable bonds is 4. The number of nitrogens with one attached hydrogen (secondary N) is 1. The van der Waals surface area contributed by atoms with Crippen LogP contribution in [0.4, 0.5) is 5.69 Å². The van der Waals surface area contributed by atoms with Gasteiger partial charge >= 0.3 is 0 Å². The highest BCUT2D eigenvalue weighted by molar-refractivity contribution is 5.46. The Hall–Kier alpha value is -1.09. The van der Waals surface area contributed by atoms with E-state index in [-0.39, 0.29) is 0 Å². The van der Waals surface area contributed by atoms with Crippen LogP contribution in [0.3, 0.4) is 0 Å². The van der Waals surface area contributed by atoms with Crippen molar-refractivity contribution in [1.82, 2.24) is 10.3 Å². The highest BCUT2D eigenvalue weighted by Gasteiger charge is 2.20. The van der Waals surface area contributed by atoms with Crippen LogP contribution in [0.5, 0.6) is 0 Å². The van der Waals surface area contributed by atoms with Crippen molar-refractivity contribution in [2.75, 3.05) is 18.0 Å². The molecule has 104 valence electrons. The van der Waals surface area contributed by atoms with E-state index in [1.807, 2.05) is 6.20 Å². The fourth-order valence-electron chi connectivity index (χ4n) is 2.80. The Kier molecular flexibility index (Phi) is 4.34. The summed E-state index contributed by atoms with van der Waals surface area (Å²) in [4.78, 5) is 7.03. The van der Waals surface area contributed by atoms with Crippen LogP contribution >= 0.6 is 0 Å². The van der Waals surface area contributed by atoms with E-state index in [0.717, 1.165) is 12.6 Å². The van der Waals surface area contributed by atoms with E-state index in [9.17, 15) is 0 Å². The summed E-state index contributed by atoms with van der Waals surface area (Å²) in [6, 6.07) is 5.20. The van der Waals surface area contributed by atoms with Gasteiger partial charge in [0.1, 0.15) is 0 Å². The summed E-state index contributed by atoms with van der Waals surface area (Å²) in [6.45, 7) is 3.34. The van der Waals surface area contributed by atoms with Crippen LogP contribution in [-0.4, -0.2) is 24.1 Å². The molecule has 19 heavy (non-hydrogen) atoms. The zero-order chi connectivity index (χ0) is 12.9. The van der Waals surface area contributed by atoms with Crippen LogP contribution in [0, 0.1) is 0 Å². The zero-order valence-electron chi connectivity index (χ0n) is 11.8. The molecular weight excluding hydrogens is 234 g/mol. The Bertz CT molecular complexity index is 393. The second kappa shape index (κ2) is 6.38. The van der Waals surface area contributed by atoms with Gasteiger partial charge in [0, 0.05) is 37.6 Å². The molecule has 1 saturated carbocycles. The molecule has 1 aliphatic carbocycles. The standard InChI is InChI=1S/C16H25N3/c1-2-4-10-19(11-5-3-1)16-8-9-17-15(12-16)13-18-14-6-7-14/h8-9,12,14,18H,1-7,10-11,13H2. The minimum Gasteiger partial charge on any atom is -0.371 e. The van der Waals surface area contributed by atoms with Crippen molar-refractivity contribution in [3.8, 4) is 0 Å². The third kappa shape index (κ3) is 3.93. The van der Waals surface area contributed by atoms with E-state index < -0.39 is 0 Å². The van der Waals surface area contributed by atoms with Gasteiger partial charge in [-0.05, 0) is 37.8 Å². The third-order valence-electron chi connectivity index (χ3n) is 4.17. The van der Waals surface area contributed by atoms with Crippen molar-refractivity contribution in [2.24, 2.45) is 0 Å². The highest BCUT2D eigenvalue weighted by atomic mass is 15.1. The van der Waals surface area contributed by atoms with E-state index in [1.54, 1.807) is 0 Å². The van der Waals surface area contributed by atoms with Gasteiger partial charge in [0.25, 0.3) is 0 Å². The van der Waals surface area contributed by atoms with Gasteiger partial charge in [-0.15, -0.1) is 0 Å². The lowest BCUT2D eigenvalue weighted by Crippen LogP contribution is -2.27. The highest BCUT2D eigenvalue weighted by Crippen LogP contribution is 2.21. The molecule has 0 bridgehead atoms. The second-order valence-electron chi connectivity index (χ2n) is 5.92. The average Bonchev–Trinajstić information content (AvgIpc) is 3.20. The summed E-state index contributed by atoms with van der Waals surface area (Å²) in [6.07, 6.45) is 11.5. The molecule has 1 aromatic rings. The smallest absolute Gasteiger partial charge is 0.0562 e. The van der Waals surface area contributed by atoms with E-state index in [4.69, 9.17) is 0 Å². The van der Waals surface area contributed by atoms with Gasteiger partial charge in [-0.3, -0.25) is 4.98 Å². The molecule has 1 aliphatic heterocycles. The molecule has 3 nitrogen and oxygen atoms in total. The number of hydrogen-bond acceptors (Lipinski definition) is 3. The van der Waals surface area contributed by atoms with Gasteiger partial charge in [-0.2, -0.15) is 0 Å². The molecule has 1 saturated heterocycles. The molecule has 0 amide bonds. The molecule has 2 aliphatic rings. The number of pyridine rings is 1. The van der Waals surface area contributed by atoms with Crippen molar-refractivity contribution in [1.29, 1.82) is 0 Å². The Morgan fingerprint density at radius 1 is 1.11 bits per heavy atom. The fourth-order valence-corrected chi connectivity index (χ4v) is 2.80. The van der Waals surface area contributed by atoms with Crippen LogP contribution in [0.1, 0.15) is 50.6 Å². The second-order valence-corrected chi connectivity index (χ2v) is 5.92. The van der Waals surface area contributed by atoms with E-state index in [2.05, 4.69) is 27.3 Å². The van der Waals surface area contributed by atoms with Crippen LogP contribution in [0.15, 0.2) is 18.3 Å². The molecule has 0 aromatic carbocycles. The summed E-state index contributed by atoms with van der Waals surface area (Å²) >= 11 is 0. The first kappa shape index (κ1) is 12.9. The van der Waals surface area contributed by atoms with Crippen LogP contribution in [0.2, 0.25) is 0 Å². The van der Waals surface area contributed by atoms with Crippen molar-refractivity contribution >= 4 is 5.69 Å². The maximum atomic E-state index is 4.49. The average molecular weight is 259 g/mol. The maximum absolute atomic E-state index is 4.49. The van der Waals surface area contributed by atoms with Gasteiger partial charge in [0.05, 0.1) is 5.69 Å². The topological polar surface area (TPSA) is 28.2 Å². The summed E-state index contributed by atoms with van der Waals surface area (Å²) in [7, 11) is 0. The van der Waals surface area contributed by atoms with Crippen LogP contribution in [-0.2, 0) is 6.54 Å². The number of hydrogen-bond donors (Lipinski definition) is 1. The van der Waals surface area contributed by atoms with Crippen LogP contribution in [0.25, 0.3) is 0 Å². The molecular formula is C16H25N3. The Morgan fingerprint density at radius 3 is 2.58 bits per heavy atom. The zero-order valence-corrected chi connectivity index (χ0v) is 11.8. The van der Waals surface area contributed by atoms with Crippen molar-refractivity contribution in [3.63, 3.8) is 0 Å². The number of aromatic nitrogens is 1. The predicted molar refractivity (Wildman–Crippen MR) is 79.4 cm³/mol. The SMILES string of the molecule is c1cc(N2CCCCCCC2)cc(CNC2CC2)n1. The fraction of sp³-hybridized carbons (Fsp3) is 0.688. The molecule has 3 rings (SSSR count). The van der Waals surface area contributed by atoms with E-state index in [0.29, 0.717) is 0 Å². The largest absolute Gasteiger partial charge is 0.371 e. The molecule has 1 N–H and O–H groups in total. The van der Waals surface area contributed by atoms with Gasteiger partial charge in [0.2, 0.25) is 0 Å². The molecule has 3 heteroatoms. The summed E-state index contributed by atoms with van der Waals surface area (Å²) in [5.74, 6) is 0. The molecule has 0 radical (unpaired) electrons. The summed E-state index contributed by atoms with van der Waals surface area (Å²) in [5.41, 5.74) is 2.55. The lowest BCUT2D eigenvalue weighted by atomic mass is 10.1. The van der Waals surface area contributed by atoms with Gasteiger partial charge in [-0.25, -0.2) is 0 Å². The van der Waals surface area contributed by atoms with Crippen LogP contribution < -0.4 is 10.2 Å². The molecule has 0 spiro atoms. The van der Waals surface area contributed by atoms with Crippen molar-refractivity contribution in [2.45, 2.75) is 57.5 Å². The number of nitrogens with zero attached hydrogens (tertiary/aromatic N) is 2. The first-order valence-electron chi connectivity index (χ1n) is 7.85. The Morgan fingerprint density at radius 2 is 1.84 bits per heavy atom. The lowest BCUT2D eigenvalue weighted by Gasteiger charge is -2.27. The summed E-state index contributed by atoms with van der Waals surface area (Å²) in [5, 5.41) is 3.54. The monoisotopic (exact) mass is 259 g/mol. The van der Waals surface area contributed by atoms with Crippen molar-refractivity contribution in [3.05, 3.63) is 24.0 Å². The first-order valence-corrected chi connectivity index (χ1v) is 7.85. The van der Waals surface area contributed by atoms with Gasteiger partial charge < -0.3 is 10.2 Å². The minimum absolute atomic E-state index is 0.757. The maximum Gasteiger partial charge on any atom is 0.0562 e. The molecule has 0 unspecified atom stereocenters. The van der Waals surface area contributed by atoms with Gasteiger partial charge in [0.15, 0.2) is 0 Å². The Labute approximate surface area is 116 Å². The minimum atomic E-state index is 0.757. The first-order chi connectivity index (χ1) is 9.42. The summed E-state index contributed by atoms with van der Waals surface area (Å²) < 4.78 is 0. The quantitative estimate of drug-likeness (QED) is 0.900. The molecule has 2 fully saturated rings. The number of anilines is 1. The predicted octanol–water partition coefficient (Wildman–Crippen LogP) is 3.10. The van der Waals surface area contributed by atoms with E-state index >= 15 is 0 Å². The van der Waals surface area contributed by atoms with E-state index in [1.165, 1.54) is 69.4 Å². The van der Waals surface area contributed by atoms with Crippen molar-refractivity contribution < 1.29 is 0 Å². The normalized spacial score (nSPS) is 20.9.